The number of rotatable bonds is 12. The van der Waals surface area contributed by atoms with Gasteiger partial charge in [-0.3, -0.25) is 13.9 Å². The molecule has 2 amide bonds. The molecule has 0 bridgehead atoms. The fraction of sp³-hybridized carbons (Fsp3) is 0.257. The Labute approximate surface area is 274 Å². The largest absolute Gasteiger partial charge is 0.497 e. The smallest absolute Gasteiger partial charge is 0.264 e. The summed E-state index contributed by atoms with van der Waals surface area (Å²) < 4.78 is 48.2. The van der Waals surface area contributed by atoms with Crippen molar-refractivity contribution in [3.05, 3.63) is 125 Å². The summed E-state index contributed by atoms with van der Waals surface area (Å²) in [6, 6.07) is 25.7. The Morgan fingerprint density at radius 1 is 0.870 bits per heavy atom. The lowest BCUT2D eigenvalue weighted by Crippen LogP contribution is -2.56. The van der Waals surface area contributed by atoms with E-state index < -0.39 is 45.8 Å². The third kappa shape index (κ3) is 9.08. The number of methoxy groups -OCH3 is 1. The van der Waals surface area contributed by atoms with Crippen LogP contribution in [-0.4, -0.2) is 50.4 Å². The van der Waals surface area contributed by atoms with Crippen LogP contribution >= 0.6 is 11.6 Å². The Morgan fingerprint density at radius 3 is 2.04 bits per heavy atom. The molecule has 4 aromatic carbocycles. The summed E-state index contributed by atoms with van der Waals surface area (Å²) in [5.41, 5.74) is 0.965. The van der Waals surface area contributed by atoms with Gasteiger partial charge in [-0.2, -0.15) is 0 Å². The number of carbonyl (C=O) groups excluding carboxylic acids is 2. The predicted molar refractivity (Wildman–Crippen MR) is 178 cm³/mol. The van der Waals surface area contributed by atoms with Crippen molar-refractivity contribution in [2.75, 3.05) is 18.0 Å². The van der Waals surface area contributed by atoms with Gasteiger partial charge in [-0.15, -0.1) is 0 Å². The van der Waals surface area contributed by atoms with E-state index in [-0.39, 0.29) is 23.5 Å². The molecule has 242 valence electrons. The number of hydrogen-bond acceptors (Lipinski definition) is 5. The maximum absolute atomic E-state index is 14.5. The van der Waals surface area contributed by atoms with E-state index in [9.17, 15) is 22.4 Å². The minimum atomic E-state index is -4.34. The molecule has 0 aliphatic carbocycles. The van der Waals surface area contributed by atoms with Crippen molar-refractivity contribution in [1.82, 2.24) is 10.2 Å². The van der Waals surface area contributed by atoms with Gasteiger partial charge in [0.2, 0.25) is 11.8 Å². The number of carbonyl (C=O) groups is 2. The van der Waals surface area contributed by atoms with Crippen LogP contribution in [0.1, 0.15) is 31.9 Å². The van der Waals surface area contributed by atoms with E-state index in [4.69, 9.17) is 16.3 Å². The second-order valence-electron chi connectivity index (χ2n) is 11.8. The van der Waals surface area contributed by atoms with E-state index in [0.29, 0.717) is 16.3 Å². The molecule has 0 spiro atoms. The quantitative estimate of drug-likeness (QED) is 0.193. The minimum Gasteiger partial charge on any atom is -0.497 e. The Bertz CT molecular complexity index is 1730. The molecule has 0 fully saturated rings. The van der Waals surface area contributed by atoms with Gasteiger partial charge in [0.1, 0.15) is 24.2 Å². The van der Waals surface area contributed by atoms with E-state index >= 15 is 0 Å². The molecule has 0 aromatic heterocycles. The van der Waals surface area contributed by atoms with E-state index in [2.05, 4.69) is 5.32 Å². The standard InChI is InChI=1S/C35H37ClFN3O5S/c1-35(2,3)38-34(42)32(22-25-8-6-5-7-9-25)39(23-26-10-12-27(36)13-11-26)33(41)24-40(29-16-14-28(37)15-17-29)46(43,44)31-20-18-30(45-4)19-21-31/h5-21,32H,22-24H2,1-4H3,(H,38,42). The van der Waals surface area contributed by atoms with Crippen LogP contribution in [0.3, 0.4) is 0 Å². The van der Waals surface area contributed by atoms with Crippen molar-refractivity contribution >= 4 is 39.1 Å². The Balaban J connectivity index is 1.81. The summed E-state index contributed by atoms with van der Waals surface area (Å²) in [5.74, 6) is -1.15. The topological polar surface area (TPSA) is 96.0 Å². The van der Waals surface area contributed by atoms with Crippen molar-refractivity contribution in [1.29, 1.82) is 0 Å². The van der Waals surface area contributed by atoms with Crippen LogP contribution in [0, 0.1) is 5.82 Å². The van der Waals surface area contributed by atoms with Crippen LogP contribution in [0.5, 0.6) is 5.75 Å². The van der Waals surface area contributed by atoms with Crippen molar-refractivity contribution in [3.63, 3.8) is 0 Å². The molecule has 0 radical (unpaired) electrons. The SMILES string of the molecule is COc1ccc(S(=O)(=O)N(CC(=O)N(Cc2ccc(Cl)cc2)C(Cc2ccccc2)C(=O)NC(C)(C)C)c2ccc(F)cc2)cc1. The maximum atomic E-state index is 14.5. The summed E-state index contributed by atoms with van der Waals surface area (Å²) in [6.45, 7) is 4.85. The number of halogens is 2. The summed E-state index contributed by atoms with van der Waals surface area (Å²) in [7, 11) is -2.88. The number of nitrogens with zero attached hydrogens (tertiary/aromatic N) is 2. The Kier molecular flexibility index (Phi) is 11.1. The van der Waals surface area contributed by atoms with Crippen LogP contribution in [0.2, 0.25) is 5.02 Å². The van der Waals surface area contributed by atoms with Gasteiger partial charge in [0.05, 0.1) is 17.7 Å². The zero-order chi connectivity index (χ0) is 33.5. The molecule has 11 heteroatoms. The van der Waals surface area contributed by atoms with Gasteiger partial charge in [0.25, 0.3) is 10.0 Å². The van der Waals surface area contributed by atoms with Crippen molar-refractivity contribution in [3.8, 4) is 5.75 Å². The van der Waals surface area contributed by atoms with Crippen molar-refractivity contribution in [2.45, 2.75) is 50.2 Å². The third-order valence-electron chi connectivity index (χ3n) is 7.08. The average Bonchev–Trinajstić information content (AvgIpc) is 3.02. The summed E-state index contributed by atoms with van der Waals surface area (Å²) in [6.07, 6.45) is 0.170. The van der Waals surface area contributed by atoms with Gasteiger partial charge in [-0.05, 0) is 92.6 Å². The van der Waals surface area contributed by atoms with E-state index in [1.807, 2.05) is 51.1 Å². The predicted octanol–water partition coefficient (Wildman–Crippen LogP) is 6.24. The fourth-order valence-electron chi connectivity index (χ4n) is 4.80. The molecule has 1 unspecified atom stereocenters. The van der Waals surface area contributed by atoms with Crippen LogP contribution in [-0.2, 0) is 32.6 Å². The molecule has 8 nitrogen and oxygen atoms in total. The first-order valence-electron chi connectivity index (χ1n) is 14.6. The van der Waals surface area contributed by atoms with Crippen LogP contribution in [0.4, 0.5) is 10.1 Å². The third-order valence-corrected chi connectivity index (χ3v) is 9.12. The van der Waals surface area contributed by atoms with Gasteiger partial charge in [0.15, 0.2) is 0 Å². The molecule has 0 saturated carbocycles. The monoisotopic (exact) mass is 665 g/mol. The van der Waals surface area contributed by atoms with Crippen molar-refractivity contribution in [2.24, 2.45) is 0 Å². The summed E-state index contributed by atoms with van der Waals surface area (Å²) in [5, 5.41) is 3.49. The highest BCUT2D eigenvalue weighted by molar-refractivity contribution is 7.92. The molecule has 46 heavy (non-hydrogen) atoms. The number of benzene rings is 4. The number of amides is 2. The molecule has 0 saturated heterocycles. The number of nitrogens with one attached hydrogen (secondary N) is 1. The first-order chi connectivity index (χ1) is 21.8. The molecule has 1 atom stereocenters. The molecule has 0 aliphatic rings. The zero-order valence-corrected chi connectivity index (χ0v) is 27.7. The lowest BCUT2D eigenvalue weighted by Gasteiger charge is -2.35. The Hall–Kier alpha value is -4.41. The van der Waals surface area contributed by atoms with Gasteiger partial charge in [0, 0.05) is 23.5 Å². The Morgan fingerprint density at radius 2 is 1.48 bits per heavy atom. The van der Waals surface area contributed by atoms with E-state index in [1.54, 1.807) is 24.3 Å². The zero-order valence-electron chi connectivity index (χ0n) is 26.1. The van der Waals surface area contributed by atoms with Crippen LogP contribution in [0.25, 0.3) is 0 Å². The lowest BCUT2D eigenvalue weighted by atomic mass is 10.0. The van der Waals surface area contributed by atoms with Gasteiger partial charge < -0.3 is 15.0 Å². The highest BCUT2D eigenvalue weighted by Crippen LogP contribution is 2.27. The fourth-order valence-corrected chi connectivity index (χ4v) is 6.34. The molecular formula is C35H37ClFN3O5S. The molecule has 0 heterocycles. The normalized spacial score (nSPS) is 12.2. The lowest BCUT2D eigenvalue weighted by molar-refractivity contribution is -0.140. The maximum Gasteiger partial charge on any atom is 0.264 e. The molecule has 0 aliphatic heterocycles. The number of anilines is 1. The van der Waals surface area contributed by atoms with E-state index in [1.165, 1.54) is 48.4 Å². The molecular weight excluding hydrogens is 629 g/mol. The highest BCUT2D eigenvalue weighted by Gasteiger charge is 2.35. The molecule has 4 aromatic rings. The first-order valence-corrected chi connectivity index (χ1v) is 16.4. The number of sulfonamides is 1. The summed E-state index contributed by atoms with van der Waals surface area (Å²) >= 11 is 6.13. The number of ether oxygens (including phenoxy) is 1. The van der Waals surface area contributed by atoms with Gasteiger partial charge in [-0.25, -0.2) is 12.8 Å². The second kappa shape index (κ2) is 14.8. The van der Waals surface area contributed by atoms with Gasteiger partial charge in [-0.1, -0.05) is 54.1 Å². The summed E-state index contributed by atoms with van der Waals surface area (Å²) in [4.78, 5) is 29.7. The van der Waals surface area contributed by atoms with Crippen molar-refractivity contribution < 1.29 is 27.1 Å². The van der Waals surface area contributed by atoms with Gasteiger partial charge >= 0.3 is 0 Å². The number of hydrogen-bond donors (Lipinski definition) is 1. The second-order valence-corrected chi connectivity index (χ2v) is 14.1. The van der Waals surface area contributed by atoms with E-state index in [0.717, 1.165) is 22.0 Å². The highest BCUT2D eigenvalue weighted by atomic mass is 35.5. The minimum absolute atomic E-state index is 0.00902. The van der Waals surface area contributed by atoms with Crippen LogP contribution in [0.15, 0.2) is 108 Å². The molecule has 4 rings (SSSR count). The average molecular weight is 666 g/mol. The molecule has 1 N–H and O–H groups in total. The first kappa shape index (κ1) is 34.5. The van der Waals surface area contributed by atoms with Crippen LogP contribution < -0.4 is 14.4 Å².